The maximum Gasteiger partial charge on any atom is 0.220 e. The standard InChI is InChI=1S/C16H23ClN2O.ClH/c1-12(14-3-2-4-15(17)11-14)19-16(20)6-5-13-7-9-18-10-8-13;/h2-4,11-13,18H,5-10H2,1H3,(H,19,20);1H. The van der Waals surface area contributed by atoms with Gasteiger partial charge in [0, 0.05) is 11.4 Å². The number of halogens is 2. The number of benzene rings is 1. The van der Waals surface area contributed by atoms with Gasteiger partial charge in [-0.25, -0.2) is 0 Å². The van der Waals surface area contributed by atoms with E-state index in [1.165, 1.54) is 12.8 Å². The fourth-order valence-corrected chi connectivity index (χ4v) is 2.88. The van der Waals surface area contributed by atoms with E-state index < -0.39 is 0 Å². The minimum atomic E-state index is 0. The quantitative estimate of drug-likeness (QED) is 0.863. The predicted molar refractivity (Wildman–Crippen MR) is 90.1 cm³/mol. The molecule has 1 aliphatic rings. The second-order valence-corrected chi connectivity index (χ2v) is 6.01. The Balaban J connectivity index is 0.00000220. The Morgan fingerprint density at radius 3 is 2.81 bits per heavy atom. The van der Waals surface area contributed by atoms with Gasteiger partial charge >= 0.3 is 0 Å². The van der Waals surface area contributed by atoms with Gasteiger partial charge in [-0.05, 0) is 62.9 Å². The van der Waals surface area contributed by atoms with Crippen LogP contribution in [0.1, 0.15) is 44.2 Å². The van der Waals surface area contributed by atoms with E-state index in [1.54, 1.807) is 0 Å². The van der Waals surface area contributed by atoms with Crippen molar-refractivity contribution in [3.05, 3.63) is 34.9 Å². The molecule has 0 radical (unpaired) electrons. The van der Waals surface area contributed by atoms with E-state index in [0.29, 0.717) is 17.4 Å². The van der Waals surface area contributed by atoms with E-state index in [0.717, 1.165) is 25.1 Å². The molecule has 2 rings (SSSR count). The minimum Gasteiger partial charge on any atom is -0.350 e. The summed E-state index contributed by atoms with van der Waals surface area (Å²) in [5.74, 6) is 0.833. The van der Waals surface area contributed by atoms with Gasteiger partial charge in [0.15, 0.2) is 0 Å². The van der Waals surface area contributed by atoms with Gasteiger partial charge in [0.2, 0.25) is 5.91 Å². The molecule has 1 amide bonds. The van der Waals surface area contributed by atoms with Crippen LogP contribution in [0, 0.1) is 5.92 Å². The van der Waals surface area contributed by atoms with Crippen LogP contribution in [0.5, 0.6) is 0 Å². The molecular weight excluding hydrogens is 307 g/mol. The average molecular weight is 331 g/mol. The van der Waals surface area contributed by atoms with Crippen molar-refractivity contribution >= 4 is 29.9 Å². The fraction of sp³-hybridized carbons (Fsp3) is 0.562. The third-order valence-electron chi connectivity index (χ3n) is 3.96. The topological polar surface area (TPSA) is 41.1 Å². The lowest BCUT2D eigenvalue weighted by molar-refractivity contribution is -0.122. The molecule has 21 heavy (non-hydrogen) atoms. The Bertz CT molecular complexity index is 448. The van der Waals surface area contributed by atoms with E-state index in [4.69, 9.17) is 11.6 Å². The van der Waals surface area contributed by atoms with Gasteiger partial charge in [0.05, 0.1) is 6.04 Å². The van der Waals surface area contributed by atoms with Gasteiger partial charge in [-0.1, -0.05) is 23.7 Å². The molecular formula is C16H24Cl2N2O. The van der Waals surface area contributed by atoms with E-state index >= 15 is 0 Å². The molecule has 0 spiro atoms. The molecule has 2 N–H and O–H groups in total. The smallest absolute Gasteiger partial charge is 0.220 e. The van der Waals surface area contributed by atoms with Crippen LogP contribution in [-0.2, 0) is 4.79 Å². The molecule has 5 heteroatoms. The lowest BCUT2D eigenvalue weighted by atomic mass is 9.93. The second kappa shape index (κ2) is 9.29. The molecule has 1 aromatic carbocycles. The van der Waals surface area contributed by atoms with Gasteiger partial charge in [-0.15, -0.1) is 12.4 Å². The molecule has 0 bridgehead atoms. The van der Waals surface area contributed by atoms with Crippen LogP contribution in [-0.4, -0.2) is 19.0 Å². The Labute approximate surface area is 138 Å². The minimum absolute atomic E-state index is 0. The summed E-state index contributed by atoms with van der Waals surface area (Å²) >= 11 is 5.97. The van der Waals surface area contributed by atoms with Gasteiger partial charge in [-0.3, -0.25) is 4.79 Å². The van der Waals surface area contributed by atoms with Crippen molar-refractivity contribution in [3.63, 3.8) is 0 Å². The van der Waals surface area contributed by atoms with Crippen molar-refractivity contribution in [2.24, 2.45) is 5.92 Å². The van der Waals surface area contributed by atoms with Crippen molar-refractivity contribution in [3.8, 4) is 0 Å². The molecule has 1 fully saturated rings. The van der Waals surface area contributed by atoms with Crippen LogP contribution in [0.15, 0.2) is 24.3 Å². The molecule has 1 aromatic rings. The van der Waals surface area contributed by atoms with Crippen molar-refractivity contribution in [1.82, 2.24) is 10.6 Å². The van der Waals surface area contributed by atoms with Gasteiger partial charge in [0.25, 0.3) is 0 Å². The first-order valence-electron chi connectivity index (χ1n) is 7.40. The number of hydrogen-bond donors (Lipinski definition) is 2. The average Bonchev–Trinajstić information content (AvgIpc) is 2.46. The summed E-state index contributed by atoms with van der Waals surface area (Å²) in [6, 6.07) is 7.66. The third-order valence-corrected chi connectivity index (χ3v) is 4.20. The number of carbonyl (C=O) groups is 1. The summed E-state index contributed by atoms with van der Waals surface area (Å²) in [7, 11) is 0. The zero-order valence-corrected chi connectivity index (χ0v) is 14.0. The highest BCUT2D eigenvalue weighted by atomic mass is 35.5. The van der Waals surface area contributed by atoms with Crippen molar-refractivity contribution in [2.45, 2.75) is 38.6 Å². The van der Waals surface area contributed by atoms with Crippen LogP contribution >= 0.6 is 24.0 Å². The lowest BCUT2D eigenvalue weighted by Crippen LogP contribution is -2.30. The Morgan fingerprint density at radius 1 is 1.43 bits per heavy atom. The normalized spacial score (nSPS) is 16.9. The van der Waals surface area contributed by atoms with Crippen LogP contribution in [0.25, 0.3) is 0 Å². The van der Waals surface area contributed by atoms with E-state index in [9.17, 15) is 4.79 Å². The summed E-state index contributed by atoms with van der Waals surface area (Å²) in [5.41, 5.74) is 1.05. The molecule has 3 nitrogen and oxygen atoms in total. The molecule has 0 saturated carbocycles. The maximum absolute atomic E-state index is 12.0. The van der Waals surface area contributed by atoms with Crippen LogP contribution in [0.4, 0.5) is 0 Å². The third kappa shape index (κ3) is 6.25. The Morgan fingerprint density at radius 2 is 2.14 bits per heavy atom. The first-order chi connectivity index (χ1) is 9.65. The predicted octanol–water partition coefficient (Wildman–Crippen LogP) is 3.72. The lowest BCUT2D eigenvalue weighted by Gasteiger charge is -2.22. The number of nitrogens with one attached hydrogen (secondary N) is 2. The number of carbonyl (C=O) groups excluding carboxylic acids is 1. The number of hydrogen-bond acceptors (Lipinski definition) is 2. The number of rotatable bonds is 5. The molecule has 0 aromatic heterocycles. The van der Waals surface area contributed by atoms with Gasteiger partial charge < -0.3 is 10.6 Å². The van der Waals surface area contributed by atoms with E-state index in [2.05, 4.69) is 10.6 Å². The Hall–Kier alpha value is -0.770. The van der Waals surface area contributed by atoms with Crippen LogP contribution < -0.4 is 10.6 Å². The molecule has 1 aliphatic heterocycles. The molecule has 0 aliphatic carbocycles. The van der Waals surface area contributed by atoms with Crippen molar-refractivity contribution in [1.29, 1.82) is 0 Å². The van der Waals surface area contributed by atoms with Crippen molar-refractivity contribution in [2.75, 3.05) is 13.1 Å². The molecule has 1 saturated heterocycles. The van der Waals surface area contributed by atoms with Gasteiger partial charge in [0.1, 0.15) is 0 Å². The Kier molecular flexibility index (Phi) is 8.09. The zero-order chi connectivity index (χ0) is 14.4. The second-order valence-electron chi connectivity index (χ2n) is 5.58. The highest BCUT2D eigenvalue weighted by Crippen LogP contribution is 2.19. The molecule has 118 valence electrons. The van der Waals surface area contributed by atoms with E-state index in [-0.39, 0.29) is 24.4 Å². The van der Waals surface area contributed by atoms with Crippen LogP contribution in [0.3, 0.4) is 0 Å². The highest BCUT2D eigenvalue weighted by molar-refractivity contribution is 6.30. The summed E-state index contributed by atoms with van der Waals surface area (Å²) < 4.78 is 0. The first-order valence-corrected chi connectivity index (χ1v) is 7.78. The summed E-state index contributed by atoms with van der Waals surface area (Å²) in [5, 5.41) is 7.10. The molecule has 1 atom stereocenters. The maximum atomic E-state index is 12.0. The van der Waals surface area contributed by atoms with E-state index in [1.807, 2.05) is 31.2 Å². The number of piperidine rings is 1. The summed E-state index contributed by atoms with van der Waals surface area (Å²) in [4.78, 5) is 12.0. The molecule has 1 heterocycles. The monoisotopic (exact) mass is 330 g/mol. The molecule has 1 unspecified atom stereocenters. The summed E-state index contributed by atoms with van der Waals surface area (Å²) in [6.07, 6.45) is 4.00. The van der Waals surface area contributed by atoms with Crippen LogP contribution in [0.2, 0.25) is 5.02 Å². The van der Waals surface area contributed by atoms with Gasteiger partial charge in [-0.2, -0.15) is 0 Å². The SMILES string of the molecule is CC(NC(=O)CCC1CCNCC1)c1cccc(Cl)c1.Cl. The fourth-order valence-electron chi connectivity index (χ4n) is 2.68. The largest absolute Gasteiger partial charge is 0.350 e. The van der Waals surface area contributed by atoms with Crippen molar-refractivity contribution < 1.29 is 4.79 Å². The summed E-state index contributed by atoms with van der Waals surface area (Å²) in [6.45, 7) is 4.17. The first kappa shape index (κ1) is 18.3. The number of amides is 1. The highest BCUT2D eigenvalue weighted by Gasteiger charge is 2.15. The zero-order valence-electron chi connectivity index (χ0n) is 12.4.